The van der Waals surface area contributed by atoms with Gasteiger partial charge in [0.15, 0.2) is 0 Å². The zero-order valence-corrected chi connectivity index (χ0v) is 17.2. The van der Waals surface area contributed by atoms with Crippen molar-refractivity contribution >= 4 is 0 Å². The van der Waals surface area contributed by atoms with Gasteiger partial charge in [0.1, 0.15) is 0 Å². The first-order valence-corrected chi connectivity index (χ1v) is 7.67. The summed E-state index contributed by atoms with van der Waals surface area (Å²) in [6.45, 7) is 18.5. The van der Waals surface area contributed by atoms with E-state index >= 15 is 0 Å². The molecule has 0 saturated heterocycles. The van der Waals surface area contributed by atoms with E-state index in [1.54, 1.807) is 0 Å². The Balaban J connectivity index is -0.0000000533. The van der Waals surface area contributed by atoms with Crippen LogP contribution in [0.3, 0.4) is 0 Å². The molecule has 0 aromatic heterocycles. The van der Waals surface area contributed by atoms with Crippen molar-refractivity contribution in [3.63, 3.8) is 0 Å². The molecule has 0 bridgehead atoms. The minimum absolute atomic E-state index is 0. The predicted octanol–water partition coefficient (Wildman–Crippen LogP) is 6.78. The van der Waals surface area contributed by atoms with E-state index in [2.05, 4.69) is 0 Å². The average molecular weight is 336 g/mol. The van der Waals surface area contributed by atoms with Crippen LogP contribution in [0, 0.1) is 23.7 Å². The van der Waals surface area contributed by atoms with Gasteiger partial charge in [0.25, 0.3) is 0 Å². The topological polar surface area (TPSA) is 95.2 Å². The molecule has 0 saturated carbocycles. The molecule has 4 nitrogen and oxygen atoms in total. The van der Waals surface area contributed by atoms with Gasteiger partial charge < -0.3 is 22.9 Å². The molecule has 128 valence electrons. The van der Waals surface area contributed by atoms with Gasteiger partial charge in [-0.1, -0.05) is 79.1 Å². The first-order valence-electron chi connectivity index (χ1n) is 7.67. The molecule has 4 N–H and O–H groups in total. The van der Waals surface area contributed by atoms with Gasteiger partial charge in [0.2, 0.25) is 0 Å². The van der Waals surface area contributed by atoms with Crippen molar-refractivity contribution in [2.75, 3.05) is 26.2 Å². The third kappa shape index (κ3) is 96.7. The van der Waals surface area contributed by atoms with Crippen molar-refractivity contribution in [1.29, 1.82) is 0 Å². The molecule has 0 atom stereocenters. The van der Waals surface area contributed by atoms with E-state index in [-0.39, 0.29) is 21.7 Å². The maximum atomic E-state index is 6.66. The Morgan fingerprint density at radius 1 is 0.429 bits per heavy atom. The third-order valence-electron chi connectivity index (χ3n) is 1.63. The molecule has 5 heteroatoms. The predicted molar refractivity (Wildman–Crippen MR) is 96.1 cm³/mol. The van der Waals surface area contributed by atoms with Crippen molar-refractivity contribution in [3.8, 4) is 0 Å². The van der Waals surface area contributed by atoms with E-state index in [9.17, 15) is 0 Å². The van der Waals surface area contributed by atoms with Crippen LogP contribution in [-0.4, -0.2) is 26.2 Å². The van der Waals surface area contributed by atoms with Crippen LogP contribution in [-0.2, 0) is 21.7 Å². The van der Waals surface area contributed by atoms with E-state index in [1.165, 1.54) is 0 Å². The number of nitrogens with one attached hydrogen (secondary N) is 4. The van der Waals surface area contributed by atoms with Gasteiger partial charge in [0.05, 0.1) is 0 Å². The van der Waals surface area contributed by atoms with E-state index in [4.69, 9.17) is 22.9 Å². The molecule has 0 aromatic carbocycles. The summed E-state index contributed by atoms with van der Waals surface area (Å²) in [5.74, 6) is 2.20. The molecular formula is C16H40N4Ti. The molecule has 0 aliphatic carbocycles. The molecule has 0 unspecified atom stereocenters. The molecule has 0 heterocycles. The van der Waals surface area contributed by atoms with Gasteiger partial charge in [-0.05, 0) is 0 Å². The van der Waals surface area contributed by atoms with Crippen LogP contribution in [0.4, 0.5) is 0 Å². The second-order valence-electron chi connectivity index (χ2n) is 6.39. The fraction of sp³-hybridized carbons (Fsp3) is 1.00. The van der Waals surface area contributed by atoms with Crippen molar-refractivity contribution in [2.24, 2.45) is 23.7 Å². The van der Waals surface area contributed by atoms with Gasteiger partial charge in [-0.15, -0.1) is 26.2 Å². The summed E-state index contributed by atoms with van der Waals surface area (Å²) in [6, 6.07) is 0. The van der Waals surface area contributed by atoms with Gasteiger partial charge in [-0.3, -0.25) is 0 Å². The van der Waals surface area contributed by atoms with Crippen molar-refractivity contribution in [2.45, 2.75) is 55.4 Å². The van der Waals surface area contributed by atoms with Crippen LogP contribution < -0.4 is 0 Å². The van der Waals surface area contributed by atoms with Crippen LogP contribution in [0.15, 0.2) is 0 Å². The Labute approximate surface area is 150 Å². The van der Waals surface area contributed by atoms with Gasteiger partial charge in [-0.2, -0.15) is 0 Å². The van der Waals surface area contributed by atoms with Gasteiger partial charge >= 0.3 is 21.7 Å². The summed E-state index contributed by atoms with van der Waals surface area (Å²) in [7, 11) is 0. The van der Waals surface area contributed by atoms with Crippen LogP contribution in [0.25, 0.3) is 22.9 Å². The monoisotopic (exact) mass is 336 g/mol. The maximum absolute atomic E-state index is 6.66. The maximum Gasteiger partial charge on any atom is 4.00 e. The molecule has 0 amide bonds. The van der Waals surface area contributed by atoms with E-state index in [1.807, 2.05) is 55.4 Å². The summed E-state index contributed by atoms with van der Waals surface area (Å²) < 4.78 is 0. The normalized spacial score (nSPS) is 9.14. The van der Waals surface area contributed by atoms with Gasteiger partial charge in [0, 0.05) is 0 Å². The Hall–Kier alpha value is 0.554. The number of rotatable bonds is 4. The summed E-state index contributed by atoms with van der Waals surface area (Å²) in [5, 5.41) is 0. The first kappa shape index (κ1) is 33.2. The smallest absolute Gasteiger partial charge is 0.677 e. The third-order valence-corrected chi connectivity index (χ3v) is 1.63. The molecule has 0 aliphatic rings. The molecule has 0 fully saturated rings. The van der Waals surface area contributed by atoms with E-state index in [0.29, 0.717) is 49.9 Å². The zero-order valence-electron chi connectivity index (χ0n) is 15.6. The summed E-state index contributed by atoms with van der Waals surface area (Å²) >= 11 is 0. The van der Waals surface area contributed by atoms with Crippen LogP contribution >= 0.6 is 0 Å². The first-order chi connectivity index (χ1) is 9.08. The minimum atomic E-state index is 0. The zero-order chi connectivity index (χ0) is 17.1. The molecule has 0 radical (unpaired) electrons. The summed E-state index contributed by atoms with van der Waals surface area (Å²) in [5.41, 5.74) is 26.6. The molecular weight excluding hydrogens is 296 g/mol. The largest absolute Gasteiger partial charge is 4.00 e. The molecule has 0 aromatic rings. The Bertz CT molecular complexity index is 108. The molecule has 21 heavy (non-hydrogen) atoms. The second-order valence-corrected chi connectivity index (χ2v) is 6.39. The fourth-order valence-electron chi connectivity index (χ4n) is 0. The van der Waals surface area contributed by atoms with Crippen molar-refractivity contribution in [1.82, 2.24) is 0 Å². The molecule has 0 aliphatic heterocycles. The van der Waals surface area contributed by atoms with E-state index in [0.717, 1.165) is 0 Å². The minimum Gasteiger partial charge on any atom is -0.677 e. The summed E-state index contributed by atoms with van der Waals surface area (Å²) in [6.07, 6.45) is 0. The SMILES string of the molecule is CC(C)C[NH-].CC(C)C[NH-].CC(C)C[NH-].CC(C)C[NH-].[Ti+4]. The standard InChI is InChI=1S/4C4H10N.Ti/c4*1-4(2)3-5;/h4*4-5H,3H2,1-2H3;/q4*-1;+4. The second kappa shape index (κ2) is 28.7. The Morgan fingerprint density at radius 2 is 0.476 bits per heavy atom. The number of hydrogen-bond donors (Lipinski definition) is 0. The van der Waals surface area contributed by atoms with Crippen LogP contribution in [0.1, 0.15) is 55.4 Å². The van der Waals surface area contributed by atoms with Crippen LogP contribution in [0.5, 0.6) is 0 Å². The quantitative estimate of drug-likeness (QED) is 0.506. The van der Waals surface area contributed by atoms with Crippen molar-refractivity contribution < 1.29 is 21.7 Å². The van der Waals surface area contributed by atoms with Crippen molar-refractivity contribution in [3.05, 3.63) is 22.9 Å². The molecule has 0 spiro atoms. The summed E-state index contributed by atoms with van der Waals surface area (Å²) in [4.78, 5) is 0. The fourth-order valence-corrected chi connectivity index (χ4v) is 0. The van der Waals surface area contributed by atoms with Gasteiger partial charge in [-0.25, -0.2) is 0 Å². The Morgan fingerprint density at radius 3 is 0.476 bits per heavy atom. The number of hydrogen-bond acceptors (Lipinski definition) is 0. The van der Waals surface area contributed by atoms with Crippen LogP contribution in [0.2, 0.25) is 0 Å². The Kier molecular flexibility index (Phi) is 45.4. The van der Waals surface area contributed by atoms with E-state index < -0.39 is 0 Å². The molecule has 0 rings (SSSR count). The average Bonchev–Trinajstić information content (AvgIpc) is 2.40.